The van der Waals surface area contributed by atoms with Crippen molar-refractivity contribution in [3.63, 3.8) is 0 Å². The molecular formula is C14H25NS. The van der Waals surface area contributed by atoms with Gasteiger partial charge in [-0.2, -0.15) is 0 Å². The fraction of sp³-hybridized carbons (Fsp3) is 0.500. The summed E-state index contributed by atoms with van der Waals surface area (Å²) in [6.07, 6.45) is 2.64. The number of rotatable bonds is 4. The molecule has 92 valence electrons. The van der Waals surface area contributed by atoms with Crippen LogP contribution in [0.2, 0.25) is 0 Å². The molecule has 0 aliphatic rings. The van der Waals surface area contributed by atoms with Crippen LogP contribution in [0.5, 0.6) is 0 Å². The van der Waals surface area contributed by atoms with Crippen LogP contribution in [-0.4, -0.2) is 5.49 Å². The average molecular weight is 239 g/mol. The second-order valence-corrected chi connectivity index (χ2v) is 3.22. The molecule has 0 saturated heterocycles. The van der Waals surface area contributed by atoms with E-state index in [0.29, 0.717) is 0 Å². The molecule has 0 saturated carbocycles. The van der Waals surface area contributed by atoms with Crippen molar-refractivity contribution in [3.05, 3.63) is 35.9 Å². The monoisotopic (exact) mass is 239 g/mol. The number of thiocarbonyl (C=S) groups is 1. The van der Waals surface area contributed by atoms with Gasteiger partial charge in [0.15, 0.2) is 0 Å². The third-order valence-corrected chi connectivity index (χ3v) is 1.90. The highest BCUT2D eigenvalue weighted by Crippen LogP contribution is 1.95. The largest absolute Gasteiger partial charge is 0.378 e. The Morgan fingerprint density at radius 2 is 1.56 bits per heavy atom. The van der Waals surface area contributed by atoms with E-state index >= 15 is 0 Å². The summed E-state index contributed by atoms with van der Waals surface area (Å²) < 4.78 is 0. The molecule has 2 heteroatoms. The molecule has 1 rings (SSSR count). The SMILES string of the molecule is CC.CCCC.S=CNCc1ccccc1. The smallest absolute Gasteiger partial charge is 0.0617 e. The Morgan fingerprint density at radius 1 is 1.06 bits per heavy atom. The van der Waals surface area contributed by atoms with Crippen molar-refractivity contribution in [2.24, 2.45) is 0 Å². The molecule has 0 fully saturated rings. The predicted octanol–water partition coefficient (Wildman–Crippen LogP) is 4.57. The maximum Gasteiger partial charge on any atom is 0.0617 e. The van der Waals surface area contributed by atoms with Crippen molar-refractivity contribution >= 4 is 17.7 Å². The number of nitrogens with one attached hydrogen (secondary N) is 1. The van der Waals surface area contributed by atoms with Crippen molar-refractivity contribution in [3.8, 4) is 0 Å². The first kappa shape index (κ1) is 17.5. The Balaban J connectivity index is 0. The molecule has 0 unspecified atom stereocenters. The molecule has 0 aliphatic carbocycles. The molecule has 0 bridgehead atoms. The van der Waals surface area contributed by atoms with Crippen LogP contribution in [0.4, 0.5) is 0 Å². The van der Waals surface area contributed by atoms with Crippen molar-refractivity contribution in [1.82, 2.24) is 5.32 Å². The molecule has 1 aromatic carbocycles. The van der Waals surface area contributed by atoms with Gasteiger partial charge in [0.1, 0.15) is 0 Å². The number of hydrogen-bond acceptors (Lipinski definition) is 1. The summed E-state index contributed by atoms with van der Waals surface area (Å²) in [5.41, 5.74) is 2.79. The van der Waals surface area contributed by atoms with Crippen molar-refractivity contribution in [2.75, 3.05) is 0 Å². The summed E-state index contributed by atoms with van der Waals surface area (Å²) in [7, 11) is 0. The first-order chi connectivity index (χ1) is 7.85. The number of hydrogen-bond donors (Lipinski definition) is 1. The molecule has 0 atom stereocenters. The van der Waals surface area contributed by atoms with Crippen LogP contribution in [-0.2, 0) is 6.54 Å². The van der Waals surface area contributed by atoms with Crippen LogP contribution in [0, 0.1) is 0 Å². The molecule has 1 nitrogen and oxygen atoms in total. The van der Waals surface area contributed by atoms with E-state index in [1.165, 1.54) is 23.9 Å². The summed E-state index contributed by atoms with van der Waals surface area (Å²) in [6, 6.07) is 10.2. The predicted molar refractivity (Wildman–Crippen MR) is 78.9 cm³/mol. The summed E-state index contributed by atoms with van der Waals surface area (Å²) in [5, 5.41) is 2.95. The molecule has 16 heavy (non-hydrogen) atoms. The third kappa shape index (κ3) is 13.1. The maximum atomic E-state index is 4.62. The first-order valence-electron chi connectivity index (χ1n) is 6.06. The number of benzene rings is 1. The standard InChI is InChI=1S/C8H9NS.C4H10.C2H6/c10-7-9-6-8-4-2-1-3-5-8;1-3-4-2;1-2/h1-5,7H,6H2,(H,9,10);3-4H2,1-2H3;1-2H3. The van der Waals surface area contributed by atoms with Crippen LogP contribution in [0.3, 0.4) is 0 Å². The fourth-order valence-corrected chi connectivity index (χ4v) is 0.839. The Hall–Kier alpha value is -0.890. The zero-order chi connectivity index (χ0) is 12.6. The zero-order valence-electron chi connectivity index (χ0n) is 11.0. The summed E-state index contributed by atoms with van der Waals surface area (Å²) in [5.74, 6) is 0. The Bertz CT molecular complexity index is 219. The maximum absolute atomic E-state index is 4.62. The summed E-state index contributed by atoms with van der Waals surface area (Å²) in [6.45, 7) is 9.18. The van der Waals surface area contributed by atoms with E-state index in [2.05, 4.69) is 43.5 Å². The third-order valence-electron chi connectivity index (χ3n) is 1.73. The van der Waals surface area contributed by atoms with E-state index in [4.69, 9.17) is 0 Å². The molecule has 0 aliphatic heterocycles. The Labute approximate surface area is 106 Å². The molecule has 1 aromatic rings. The molecule has 0 radical (unpaired) electrons. The minimum atomic E-state index is 0.824. The van der Waals surface area contributed by atoms with Gasteiger partial charge in [-0.1, -0.05) is 83.1 Å². The normalized spacial score (nSPS) is 7.75. The average Bonchev–Trinajstić information content (AvgIpc) is 2.40. The first-order valence-corrected chi connectivity index (χ1v) is 6.53. The van der Waals surface area contributed by atoms with Gasteiger partial charge in [0.05, 0.1) is 5.49 Å². The van der Waals surface area contributed by atoms with Gasteiger partial charge in [0.2, 0.25) is 0 Å². The molecule has 0 spiro atoms. The molecule has 0 aromatic heterocycles. The molecule has 0 heterocycles. The minimum absolute atomic E-state index is 0.824. The van der Waals surface area contributed by atoms with Gasteiger partial charge in [0, 0.05) is 6.54 Å². The zero-order valence-corrected chi connectivity index (χ0v) is 11.8. The fourth-order valence-electron chi connectivity index (χ4n) is 0.755. The highest BCUT2D eigenvalue weighted by Gasteiger charge is 1.84. The van der Waals surface area contributed by atoms with E-state index in [9.17, 15) is 0 Å². The highest BCUT2D eigenvalue weighted by molar-refractivity contribution is 7.78. The lowest BCUT2D eigenvalue weighted by atomic mass is 10.2. The van der Waals surface area contributed by atoms with Gasteiger partial charge < -0.3 is 5.32 Å². The van der Waals surface area contributed by atoms with Gasteiger partial charge in [-0.25, -0.2) is 0 Å². The van der Waals surface area contributed by atoms with E-state index in [-0.39, 0.29) is 0 Å². The lowest BCUT2D eigenvalue weighted by Gasteiger charge is -1.97. The van der Waals surface area contributed by atoms with Crippen molar-refractivity contribution in [1.29, 1.82) is 0 Å². The van der Waals surface area contributed by atoms with Gasteiger partial charge >= 0.3 is 0 Å². The quantitative estimate of drug-likeness (QED) is 0.773. The van der Waals surface area contributed by atoms with Crippen molar-refractivity contribution in [2.45, 2.75) is 47.1 Å². The van der Waals surface area contributed by atoms with Gasteiger partial charge in [-0.3, -0.25) is 0 Å². The second-order valence-electron chi connectivity index (χ2n) is 2.98. The van der Waals surface area contributed by atoms with Crippen LogP contribution in [0.15, 0.2) is 30.3 Å². The van der Waals surface area contributed by atoms with Crippen molar-refractivity contribution < 1.29 is 0 Å². The van der Waals surface area contributed by atoms with E-state index in [0.717, 1.165) is 6.54 Å². The summed E-state index contributed by atoms with van der Waals surface area (Å²) >= 11 is 4.62. The van der Waals surface area contributed by atoms with Crippen LogP contribution in [0.25, 0.3) is 0 Å². The Kier molecular flexibility index (Phi) is 18.1. The summed E-state index contributed by atoms with van der Waals surface area (Å²) in [4.78, 5) is 0. The van der Waals surface area contributed by atoms with Gasteiger partial charge in [0.25, 0.3) is 0 Å². The number of unbranched alkanes of at least 4 members (excludes halogenated alkanes) is 1. The highest BCUT2D eigenvalue weighted by atomic mass is 32.1. The van der Waals surface area contributed by atoms with Gasteiger partial charge in [-0.15, -0.1) is 0 Å². The molecular weight excluding hydrogens is 214 g/mol. The van der Waals surface area contributed by atoms with E-state index < -0.39 is 0 Å². The molecule has 1 N–H and O–H groups in total. The van der Waals surface area contributed by atoms with Crippen LogP contribution in [0.1, 0.15) is 46.1 Å². The van der Waals surface area contributed by atoms with Gasteiger partial charge in [-0.05, 0) is 5.56 Å². The van der Waals surface area contributed by atoms with Crippen LogP contribution < -0.4 is 5.32 Å². The Morgan fingerprint density at radius 3 is 1.94 bits per heavy atom. The molecule has 0 amide bonds. The van der Waals surface area contributed by atoms with E-state index in [1.54, 1.807) is 0 Å². The topological polar surface area (TPSA) is 12.0 Å². The van der Waals surface area contributed by atoms with Crippen LogP contribution >= 0.6 is 12.2 Å². The second kappa shape index (κ2) is 16.5. The minimum Gasteiger partial charge on any atom is -0.378 e. The van der Waals surface area contributed by atoms with E-state index in [1.807, 2.05) is 32.0 Å². The lowest BCUT2D eigenvalue weighted by Crippen LogP contribution is -2.07. The lowest BCUT2D eigenvalue weighted by molar-refractivity contribution is 0.886.